The number of piperazine rings is 1. The van der Waals surface area contributed by atoms with Gasteiger partial charge in [-0.05, 0) is 32.2 Å². The number of halogens is 1. The van der Waals surface area contributed by atoms with Crippen molar-refractivity contribution in [3.8, 4) is 5.75 Å². The fourth-order valence-corrected chi connectivity index (χ4v) is 2.15. The molecule has 1 heterocycles. The maximum Gasteiger partial charge on any atom is 0.123 e. The van der Waals surface area contributed by atoms with Crippen LogP contribution in [0.1, 0.15) is 18.5 Å². The van der Waals surface area contributed by atoms with Crippen LogP contribution in [0.2, 0.25) is 0 Å². The molecule has 1 unspecified atom stereocenters. The highest BCUT2D eigenvalue weighted by Crippen LogP contribution is 2.24. The molecule has 1 aromatic rings. The Morgan fingerprint density at radius 2 is 1.94 bits per heavy atom. The van der Waals surface area contributed by atoms with Gasteiger partial charge in [0.05, 0.1) is 0 Å². The van der Waals surface area contributed by atoms with E-state index in [2.05, 4.69) is 22.4 Å². The third kappa shape index (κ3) is 3.19. The first-order valence-electron chi connectivity index (χ1n) is 6.24. The predicted molar refractivity (Wildman–Crippen MR) is 68.7 cm³/mol. The molecule has 2 rings (SSSR count). The lowest BCUT2D eigenvalue weighted by Gasteiger charge is -2.34. The summed E-state index contributed by atoms with van der Waals surface area (Å²) in [6.45, 7) is 5.80. The highest BCUT2D eigenvalue weighted by Gasteiger charge is 2.18. The lowest BCUT2D eigenvalue weighted by atomic mass is 10.1. The fraction of sp³-hybridized carbons (Fsp3) is 0.538. The number of likely N-dealkylation sites (N-methyl/N-ethyl adjacent to an activating group) is 1. The topological polar surface area (TPSA) is 38.7 Å². The van der Waals surface area contributed by atoms with Crippen molar-refractivity contribution in [1.82, 2.24) is 15.3 Å². The molecule has 1 aliphatic rings. The van der Waals surface area contributed by atoms with Gasteiger partial charge in [-0.3, -0.25) is 0 Å². The molecule has 1 fully saturated rings. The molecule has 0 spiro atoms. The minimum absolute atomic E-state index is 0.107. The summed E-state index contributed by atoms with van der Waals surface area (Å²) in [5.41, 5.74) is 3.90. The SMILES string of the molecule is CC(NN1CCN(C)CC1)c1cc(F)ccc1O. The average Bonchev–Trinajstić information content (AvgIpc) is 2.35. The Hall–Kier alpha value is -1.17. The van der Waals surface area contributed by atoms with E-state index in [0.717, 1.165) is 26.2 Å². The van der Waals surface area contributed by atoms with Gasteiger partial charge < -0.3 is 10.0 Å². The Bertz CT molecular complexity index is 405. The van der Waals surface area contributed by atoms with Crippen LogP contribution in [0.25, 0.3) is 0 Å². The first-order valence-corrected chi connectivity index (χ1v) is 6.24. The molecule has 0 aromatic heterocycles. The van der Waals surface area contributed by atoms with Crippen molar-refractivity contribution in [2.45, 2.75) is 13.0 Å². The number of aromatic hydroxyl groups is 1. The Morgan fingerprint density at radius 1 is 1.28 bits per heavy atom. The van der Waals surface area contributed by atoms with E-state index in [0.29, 0.717) is 5.56 Å². The summed E-state index contributed by atoms with van der Waals surface area (Å²) < 4.78 is 13.2. The van der Waals surface area contributed by atoms with Gasteiger partial charge in [0, 0.05) is 37.8 Å². The molecule has 0 saturated carbocycles. The standard InChI is InChI=1S/C13H20FN3O/c1-10(12-9-11(14)3-4-13(12)18)15-17-7-5-16(2)6-8-17/h3-4,9-10,15,18H,5-8H2,1-2H3. The van der Waals surface area contributed by atoms with Crippen molar-refractivity contribution in [1.29, 1.82) is 0 Å². The van der Waals surface area contributed by atoms with E-state index in [1.807, 2.05) is 6.92 Å². The van der Waals surface area contributed by atoms with Crippen LogP contribution < -0.4 is 5.43 Å². The molecule has 0 radical (unpaired) electrons. The van der Waals surface area contributed by atoms with Gasteiger partial charge in [-0.1, -0.05) is 0 Å². The normalized spacial score (nSPS) is 19.9. The molecule has 0 aliphatic carbocycles. The second kappa shape index (κ2) is 5.65. The zero-order valence-corrected chi connectivity index (χ0v) is 10.9. The summed E-state index contributed by atoms with van der Waals surface area (Å²) in [6.07, 6.45) is 0. The van der Waals surface area contributed by atoms with Crippen molar-refractivity contribution in [3.05, 3.63) is 29.6 Å². The molecule has 0 bridgehead atoms. The molecule has 5 heteroatoms. The molecule has 1 saturated heterocycles. The average molecular weight is 253 g/mol. The minimum atomic E-state index is -0.324. The number of hydrogen-bond acceptors (Lipinski definition) is 4. The van der Waals surface area contributed by atoms with Crippen molar-refractivity contribution in [3.63, 3.8) is 0 Å². The molecule has 0 amide bonds. The molecule has 1 atom stereocenters. The predicted octanol–water partition coefficient (Wildman–Crippen LogP) is 1.34. The van der Waals surface area contributed by atoms with Crippen molar-refractivity contribution in [2.24, 2.45) is 0 Å². The molecule has 4 nitrogen and oxygen atoms in total. The lowest BCUT2D eigenvalue weighted by Crippen LogP contribution is -2.51. The van der Waals surface area contributed by atoms with Gasteiger partial charge in [0.15, 0.2) is 0 Å². The van der Waals surface area contributed by atoms with Crippen LogP contribution in [0.15, 0.2) is 18.2 Å². The summed E-state index contributed by atoms with van der Waals surface area (Å²) in [6, 6.07) is 3.93. The molecule has 1 aliphatic heterocycles. The number of nitrogens with zero attached hydrogens (tertiary/aromatic N) is 2. The number of rotatable bonds is 3. The number of benzene rings is 1. The van der Waals surface area contributed by atoms with Gasteiger partial charge in [0.2, 0.25) is 0 Å². The summed E-state index contributed by atoms with van der Waals surface area (Å²) in [5, 5.41) is 11.9. The number of phenols is 1. The largest absolute Gasteiger partial charge is 0.508 e. The first kappa shape index (κ1) is 13.3. The summed E-state index contributed by atoms with van der Waals surface area (Å²) >= 11 is 0. The Labute approximate surface area is 107 Å². The van der Waals surface area contributed by atoms with Gasteiger partial charge in [-0.25, -0.2) is 14.8 Å². The van der Waals surface area contributed by atoms with Crippen molar-refractivity contribution >= 4 is 0 Å². The van der Waals surface area contributed by atoms with Gasteiger partial charge in [-0.2, -0.15) is 0 Å². The molecule has 18 heavy (non-hydrogen) atoms. The third-order valence-corrected chi connectivity index (χ3v) is 3.34. The zero-order valence-electron chi connectivity index (χ0n) is 10.9. The Kier molecular flexibility index (Phi) is 4.16. The Morgan fingerprint density at radius 3 is 2.61 bits per heavy atom. The van der Waals surface area contributed by atoms with Gasteiger partial charge in [0.1, 0.15) is 11.6 Å². The van der Waals surface area contributed by atoms with E-state index in [4.69, 9.17) is 0 Å². The summed E-state index contributed by atoms with van der Waals surface area (Å²) in [5.74, 6) is -0.194. The van der Waals surface area contributed by atoms with E-state index in [-0.39, 0.29) is 17.6 Å². The quantitative estimate of drug-likeness (QED) is 0.853. The number of phenolic OH excluding ortho intramolecular Hbond substituents is 1. The Balaban J connectivity index is 1.98. The van der Waals surface area contributed by atoms with Crippen LogP contribution in [0, 0.1) is 5.82 Å². The maximum atomic E-state index is 13.2. The monoisotopic (exact) mass is 253 g/mol. The highest BCUT2D eigenvalue weighted by molar-refractivity contribution is 5.34. The number of hydrogen-bond donors (Lipinski definition) is 2. The van der Waals surface area contributed by atoms with Crippen LogP contribution in [0.4, 0.5) is 4.39 Å². The van der Waals surface area contributed by atoms with Gasteiger partial charge >= 0.3 is 0 Å². The second-order valence-electron chi connectivity index (χ2n) is 4.84. The van der Waals surface area contributed by atoms with E-state index in [1.54, 1.807) is 0 Å². The molecule has 1 aromatic carbocycles. The smallest absolute Gasteiger partial charge is 0.123 e. The zero-order chi connectivity index (χ0) is 13.1. The van der Waals surface area contributed by atoms with E-state index < -0.39 is 0 Å². The van der Waals surface area contributed by atoms with Crippen LogP contribution >= 0.6 is 0 Å². The van der Waals surface area contributed by atoms with Crippen molar-refractivity contribution < 1.29 is 9.50 Å². The number of nitrogens with one attached hydrogen (secondary N) is 1. The summed E-state index contributed by atoms with van der Waals surface area (Å²) in [4.78, 5) is 2.27. The number of hydrazine groups is 1. The second-order valence-corrected chi connectivity index (χ2v) is 4.84. The van der Waals surface area contributed by atoms with Crippen molar-refractivity contribution in [2.75, 3.05) is 33.2 Å². The lowest BCUT2D eigenvalue weighted by molar-refractivity contribution is 0.0893. The molecular formula is C13H20FN3O. The molecular weight excluding hydrogens is 233 g/mol. The third-order valence-electron chi connectivity index (χ3n) is 3.34. The summed E-state index contributed by atoms with van der Waals surface area (Å²) in [7, 11) is 2.10. The van der Waals surface area contributed by atoms with E-state index in [1.165, 1.54) is 18.2 Å². The van der Waals surface area contributed by atoms with Crippen LogP contribution in [0.3, 0.4) is 0 Å². The molecule has 2 N–H and O–H groups in total. The highest BCUT2D eigenvalue weighted by atomic mass is 19.1. The maximum absolute atomic E-state index is 13.2. The fourth-order valence-electron chi connectivity index (χ4n) is 2.15. The van der Waals surface area contributed by atoms with Gasteiger partial charge in [0.25, 0.3) is 0 Å². The van der Waals surface area contributed by atoms with Crippen LogP contribution in [-0.4, -0.2) is 48.2 Å². The van der Waals surface area contributed by atoms with Gasteiger partial charge in [-0.15, -0.1) is 0 Å². The molecule has 100 valence electrons. The van der Waals surface area contributed by atoms with E-state index in [9.17, 15) is 9.50 Å². The minimum Gasteiger partial charge on any atom is -0.508 e. The van der Waals surface area contributed by atoms with E-state index >= 15 is 0 Å². The van der Waals surface area contributed by atoms with Crippen LogP contribution in [-0.2, 0) is 0 Å². The van der Waals surface area contributed by atoms with Crippen LogP contribution in [0.5, 0.6) is 5.75 Å². The first-order chi connectivity index (χ1) is 8.56.